The van der Waals surface area contributed by atoms with Gasteiger partial charge in [0.1, 0.15) is 0 Å². The number of amides is 4. The summed E-state index contributed by atoms with van der Waals surface area (Å²) in [6.45, 7) is 9.25. The van der Waals surface area contributed by atoms with Crippen LogP contribution < -0.4 is 5.32 Å². The first-order chi connectivity index (χ1) is 17.0. The highest BCUT2D eigenvalue weighted by molar-refractivity contribution is 5.96. The maximum atomic E-state index is 13.7. The fourth-order valence-electron chi connectivity index (χ4n) is 5.03. The maximum absolute atomic E-state index is 13.7. The van der Waals surface area contributed by atoms with Gasteiger partial charge in [-0.25, -0.2) is 0 Å². The lowest BCUT2D eigenvalue weighted by molar-refractivity contribution is -0.143. The van der Waals surface area contributed by atoms with Crippen LogP contribution in [0.25, 0.3) is 0 Å². The van der Waals surface area contributed by atoms with Gasteiger partial charge in [0.05, 0.1) is 13.1 Å². The number of carbonyl (C=O) groups is 4. The van der Waals surface area contributed by atoms with Crippen LogP contribution in [0, 0.1) is 11.8 Å². The summed E-state index contributed by atoms with van der Waals surface area (Å²) in [4.78, 5) is 57.3. The van der Waals surface area contributed by atoms with Gasteiger partial charge in [-0.05, 0) is 38.0 Å². The molecule has 1 N–H and O–H groups in total. The summed E-state index contributed by atoms with van der Waals surface area (Å²) in [5.74, 6) is -0.481. The summed E-state index contributed by atoms with van der Waals surface area (Å²) in [5.41, 5.74) is 2.21. The second kappa shape index (κ2) is 11.9. The van der Waals surface area contributed by atoms with Crippen LogP contribution in [0.5, 0.6) is 0 Å². The smallest absolute Gasteiger partial charge is 0.274 e. The van der Waals surface area contributed by atoms with Gasteiger partial charge >= 0.3 is 0 Å². The van der Waals surface area contributed by atoms with E-state index < -0.39 is 0 Å². The molecule has 1 aromatic rings. The number of hydrogen-bond acceptors (Lipinski definition) is 5. The zero-order chi connectivity index (χ0) is 26.6. The number of likely N-dealkylation sites (N-methyl/N-ethyl adjacent to an activating group) is 1. The van der Waals surface area contributed by atoms with Crippen molar-refractivity contribution in [3.63, 3.8) is 0 Å². The van der Waals surface area contributed by atoms with E-state index in [1.165, 1.54) is 4.90 Å². The first-order valence-corrected chi connectivity index (χ1v) is 13.1. The Balaban J connectivity index is 1.98. The van der Waals surface area contributed by atoms with Gasteiger partial charge in [-0.1, -0.05) is 27.7 Å². The first-order valence-electron chi connectivity index (χ1n) is 13.1. The molecule has 200 valence electrons. The molecule has 0 aromatic carbocycles. The third kappa shape index (κ3) is 6.44. The molecule has 2 bridgehead atoms. The highest BCUT2D eigenvalue weighted by atomic mass is 16.2. The van der Waals surface area contributed by atoms with Crippen molar-refractivity contribution in [2.24, 2.45) is 18.9 Å². The summed E-state index contributed by atoms with van der Waals surface area (Å²) in [5, 5.41) is 7.34. The first kappa shape index (κ1) is 27.7. The Morgan fingerprint density at radius 1 is 1.11 bits per heavy atom. The van der Waals surface area contributed by atoms with E-state index in [9.17, 15) is 19.2 Å². The molecule has 1 aliphatic heterocycles. The normalized spacial score (nSPS) is 20.4. The number of nitrogens with one attached hydrogen (secondary N) is 1. The second-order valence-corrected chi connectivity index (χ2v) is 10.8. The number of hydrogen-bond donors (Lipinski definition) is 1. The van der Waals surface area contributed by atoms with Crippen LogP contribution in [0.3, 0.4) is 0 Å². The molecule has 0 radical (unpaired) electrons. The molecule has 1 aromatic heterocycles. The van der Waals surface area contributed by atoms with Gasteiger partial charge in [0.25, 0.3) is 5.91 Å². The van der Waals surface area contributed by atoms with E-state index >= 15 is 0 Å². The van der Waals surface area contributed by atoms with E-state index in [0.717, 1.165) is 24.1 Å². The van der Waals surface area contributed by atoms with Crippen molar-refractivity contribution in [1.82, 2.24) is 29.8 Å². The van der Waals surface area contributed by atoms with Crippen molar-refractivity contribution in [3.05, 3.63) is 17.0 Å². The minimum absolute atomic E-state index is 0.0218. The van der Waals surface area contributed by atoms with Gasteiger partial charge in [-0.15, -0.1) is 0 Å². The average molecular weight is 503 g/mol. The van der Waals surface area contributed by atoms with Crippen LogP contribution in [0.1, 0.15) is 68.7 Å². The molecule has 0 saturated carbocycles. The van der Waals surface area contributed by atoms with Crippen molar-refractivity contribution in [2.75, 3.05) is 39.8 Å². The van der Waals surface area contributed by atoms with E-state index in [2.05, 4.69) is 24.3 Å². The number of rotatable bonds is 4. The lowest BCUT2D eigenvalue weighted by Crippen LogP contribution is -2.50. The monoisotopic (exact) mass is 502 g/mol. The van der Waals surface area contributed by atoms with E-state index in [4.69, 9.17) is 0 Å². The number of nitrogens with zero attached hydrogens (tertiary/aromatic N) is 5. The van der Waals surface area contributed by atoms with Gasteiger partial charge in [0.15, 0.2) is 5.69 Å². The lowest BCUT2D eigenvalue weighted by Gasteiger charge is -2.37. The number of fused-ring (bicyclic) bond motifs is 1. The molecule has 0 fully saturated rings. The fourth-order valence-corrected chi connectivity index (χ4v) is 5.03. The minimum Gasteiger partial charge on any atom is -0.354 e. The molecular formula is C26H42N6O4. The summed E-state index contributed by atoms with van der Waals surface area (Å²) in [6, 6.07) is -0.0722. The van der Waals surface area contributed by atoms with Crippen LogP contribution in [0.15, 0.2) is 0 Å². The van der Waals surface area contributed by atoms with E-state index in [1.54, 1.807) is 16.6 Å². The molecular weight excluding hydrogens is 460 g/mol. The topological polar surface area (TPSA) is 108 Å². The molecule has 36 heavy (non-hydrogen) atoms. The Morgan fingerprint density at radius 3 is 2.50 bits per heavy atom. The molecule has 10 nitrogen and oxygen atoms in total. The Morgan fingerprint density at radius 2 is 1.83 bits per heavy atom. The van der Waals surface area contributed by atoms with Gasteiger partial charge in [0.2, 0.25) is 17.7 Å². The van der Waals surface area contributed by atoms with Gasteiger partial charge in [-0.2, -0.15) is 5.10 Å². The Kier molecular flexibility index (Phi) is 9.13. The third-order valence-electron chi connectivity index (χ3n) is 7.13. The quantitative estimate of drug-likeness (QED) is 0.666. The summed E-state index contributed by atoms with van der Waals surface area (Å²) in [7, 11) is 3.44. The Labute approximate surface area is 214 Å². The van der Waals surface area contributed by atoms with Gasteiger partial charge in [-0.3, -0.25) is 23.9 Å². The van der Waals surface area contributed by atoms with Crippen molar-refractivity contribution in [1.29, 1.82) is 0 Å². The minimum atomic E-state index is -0.288. The molecule has 1 atom stereocenters. The second-order valence-electron chi connectivity index (χ2n) is 10.8. The highest BCUT2D eigenvalue weighted by Crippen LogP contribution is 2.28. The maximum Gasteiger partial charge on any atom is 0.274 e. The Hall–Kier alpha value is -2.91. The van der Waals surface area contributed by atoms with E-state index in [1.807, 2.05) is 25.8 Å². The van der Waals surface area contributed by atoms with Gasteiger partial charge < -0.3 is 20.0 Å². The molecule has 0 spiro atoms. The molecule has 10 heteroatoms. The molecule has 0 saturated heterocycles. The van der Waals surface area contributed by atoms with Crippen molar-refractivity contribution >= 4 is 23.6 Å². The van der Waals surface area contributed by atoms with Crippen LogP contribution in [-0.2, 0) is 34.3 Å². The molecule has 4 amide bonds. The van der Waals surface area contributed by atoms with Gasteiger partial charge in [0, 0.05) is 56.9 Å². The molecule has 2 aliphatic rings. The average Bonchev–Trinajstić information content (AvgIpc) is 3.15. The number of aromatic nitrogens is 2. The van der Waals surface area contributed by atoms with E-state index in [-0.39, 0.29) is 48.7 Å². The van der Waals surface area contributed by atoms with Crippen LogP contribution in [-0.4, -0.2) is 93.9 Å². The van der Waals surface area contributed by atoms with Crippen LogP contribution in [0.2, 0.25) is 0 Å². The fraction of sp³-hybridized carbons (Fsp3) is 0.731. The SMILES string of the molecule is CC(C)CCN1C(=O)CN(C(=O)C(C)C)CCCNC(=O)CN(C)C(=O)c2nn(C)c3c2CC1CC3. The highest BCUT2D eigenvalue weighted by Gasteiger charge is 2.35. The van der Waals surface area contributed by atoms with Crippen LogP contribution in [0.4, 0.5) is 0 Å². The predicted octanol–water partition coefficient (Wildman–Crippen LogP) is 1.23. The molecule has 1 aliphatic carbocycles. The Bertz CT molecular complexity index is 985. The van der Waals surface area contributed by atoms with Crippen LogP contribution >= 0.6 is 0 Å². The standard InChI is InChI=1S/C26H42N6O4/c1-17(2)10-13-32-19-8-9-21-20(14-19)24(28-30(21)6)26(36)29(5)15-22(33)27-11-7-12-31(16-23(32)34)25(35)18(3)4/h17-19H,7-16H2,1-6H3,(H,27,33). The number of carbonyl (C=O) groups excluding carboxylic acids is 4. The lowest BCUT2D eigenvalue weighted by atomic mass is 9.89. The molecule has 2 heterocycles. The van der Waals surface area contributed by atoms with Crippen molar-refractivity contribution in [3.8, 4) is 0 Å². The zero-order valence-corrected chi connectivity index (χ0v) is 22.7. The summed E-state index contributed by atoms with van der Waals surface area (Å²) in [6.07, 6.45) is 3.41. The van der Waals surface area contributed by atoms with E-state index in [0.29, 0.717) is 50.5 Å². The summed E-state index contributed by atoms with van der Waals surface area (Å²) < 4.78 is 1.75. The predicted molar refractivity (Wildman–Crippen MR) is 136 cm³/mol. The van der Waals surface area contributed by atoms with Crippen molar-refractivity contribution in [2.45, 2.75) is 65.8 Å². The van der Waals surface area contributed by atoms with Crippen molar-refractivity contribution < 1.29 is 19.2 Å². The summed E-state index contributed by atoms with van der Waals surface area (Å²) >= 11 is 0. The largest absolute Gasteiger partial charge is 0.354 e. The third-order valence-corrected chi connectivity index (χ3v) is 7.13. The number of aryl methyl sites for hydroxylation is 1. The molecule has 1 unspecified atom stereocenters. The molecule has 3 rings (SSSR count). The zero-order valence-electron chi connectivity index (χ0n) is 22.7.